The summed E-state index contributed by atoms with van der Waals surface area (Å²) in [5.41, 5.74) is 2.19. The maximum Gasteiger partial charge on any atom is 0.262 e. The minimum absolute atomic E-state index is 0.158. The molecule has 0 fully saturated rings. The van der Waals surface area contributed by atoms with Gasteiger partial charge in [-0.15, -0.1) is 11.8 Å². The molecule has 3 aromatic rings. The Bertz CT molecular complexity index is 951. The number of amides is 1. The molecule has 2 aromatic carbocycles. The fourth-order valence-electron chi connectivity index (χ4n) is 2.43. The van der Waals surface area contributed by atoms with E-state index in [1.54, 1.807) is 24.3 Å². The zero-order valence-corrected chi connectivity index (χ0v) is 14.5. The number of aryl methyl sites for hydroxylation is 1. The van der Waals surface area contributed by atoms with E-state index in [4.69, 9.17) is 11.6 Å². The molecule has 0 saturated carbocycles. The van der Waals surface area contributed by atoms with E-state index < -0.39 is 0 Å². The number of benzene rings is 2. The van der Waals surface area contributed by atoms with Crippen LogP contribution in [0.25, 0.3) is 10.9 Å². The smallest absolute Gasteiger partial charge is 0.262 e. The highest BCUT2D eigenvalue weighted by atomic mass is 35.5. The number of fused-ring (bicyclic) bond motifs is 1. The predicted octanol–water partition coefficient (Wildman–Crippen LogP) is 4.22. The van der Waals surface area contributed by atoms with Crippen LogP contribution in [0.4, 0.5) is 5.69 Å². The van der Waals surface area contributed by atoms with Gasteiger partial charge in [-0.2, -0.15) is 0 Å². The molecule has 1 amide bonds. The molecule has 3 rings (SSSR count). The second-order valence-electron chi connectivity index (χ2n) is 5.30. The molecule has 0 radical (unpaired) electrons. The van der Waals surface area contributed by atoms with Crippen LogP contribution in [0.3, 0.4) is 0 Å². The first-order chi connectivity index (χ1) is 11.5. The van der Waals surface area contributed by atoms with E-state index in [9.17, 15) is 9.59 Å². The van der Waals surface area contributed by atoms with Gasteiger partial charge in [0.25, 0.3) is 5.56 Å². The second-order valence-corrected chi connectivity index (χ2v) is 6.72. The lowest BCUT2D eigenvalue weighted by Gasteiger charge is -2.09. The van der Waals surface area contributed by atoms with Gasteiger partial charge < -0.3 is 10.3 Å². The molecule has 0 spiro atoms. The quantitative estimate of drug-likeness (QED) is 0.686. The summed E-state index contributed by atoms with van der Waals surface area (Å²) in [6.45, 7) is 1.90. The van der Waals surface area contributed by atoms with E-state index in [0.717, 1.165) is 16.5 Å². The number of H-pyrrole nitrogens is 1. The Morgan fingerprint density at radius 2 is 1.88 bits per heavy atom. The SMILES string of the molecule is Cc1c(SCC(=O)Nc2ccc(Cl)cc2)c(=O)[nH]c2ccccc12. The lowest BCUT2D eigenvalue weighted by molar-refractivity contribution is -0.113. The van der Waals surface area contributed by atoms with Gasteiger partial charge in [-0.25, -0.2) is 0 Å². The van der Waals surface area contributed by atoms with Crippen molar-refractivity contribution in [3.05, 3.63) is 69.5 Å². The third-order valence-electron chi connectivity index (χ3n) is 3.60. The summed E-state index contributed by atoms with van der Waals surface area (Å²) in [6.07, 6.45) is 0. The average Bonchev–Trinajstić information content (AvgIpc) is 2.57. The fraction of sp³-hybridized carbons (Fsp3) is 0.111. The van der Waals surface area contributed by atoms with Crippen molar-refractivity contribution in [3.63, 3.8) is 0 Å². The second kappa shape index (κ2) is 7.11. The summed E-state index contributed by atoms with van der Waals surface area (Å²) >= 11 is 7.05. The van der Waals surface area contributed by atoms with Crippen molar-refractivity contribution >= 4 is 45.9 Å². The summed E-state index contributed by atoms with van der Waals surface area (Å²) in [4.78, 5) is 27.7. The van der Waals surface area contributed by atoms with Gasteiger partial charge in [0, 0.05) is 21.6 Å². The van der Waals surface area contributed by atoms with Crippen LogP contribution < -0.4 is 10.9 Å². The first-order valence-corrected chi connectivity index (χ1v) is 8.71. The Labute approximate surface area is 148 Å². The molecule has 0 unspecified atom stereocenters. The minimum Gasteiger partial charge on any atom is -0.325 e. The Balaban J connectivity index is 1.74. The molecular formula is C18H15ClN2O2S. The minimum atomic E-state index is -0.172. The van der Waals surface area contributed by atoms with Crippen LogP contribution in [0.1, 0.15) is 5.56 Å². The summed E-state index contributed by atoms with van der Waals surface area (Å²) in [7, 11) is 0. The highest BCUT2D eigenvalue weighted by Gasteiger charge is 2.12. The van der Waals surface area contributed by atoms with Crippen LogP contribution in [-0.2, 0) is 4.79 Å². The summed E-state index contributed by atoms with van der Waals surface area (Å²) in [5, 5.41) is 4.38. The zero-order valence-electron chi connectivity index (χ0n) is 12.9. The van der Waals surface area contributed by atoms with Crippen LogP contribution in [0, 0.1) is 6.92 Å². The molecule has 0 aliphatic rings. The number of carbonyl (C=O) groups is 1. The molecule has 0 atom stereocenters. The zero-order chi connectivity index (χ0) is 17.1. The molecule has 0 bridgehead atoms. The van der Waals surface area contributed by atoms with E-state index in [1.165, 1.54) is 11.8 Å². The summed E-state index contributed by atoms with van der Waals surface area (Å²) in [5.74, 6) is -0.0143. The van der Waals surface area contributed by atoms with Gasteiger partial charge >= 0.3 is 0 Å². The number of halogens is 1. The first kappa shape index (κ1) is 16.6. The predicted molar refractivity (Wildman–Crippen MR) is 100 cm³/mol. The molecule has 6 heteroatoms. The highest BCUT2D eigenvalue weighted by molar-refractivity contribution is 8.00. The largest absolute Gasteiger partial charge is 0.325 e. The van der Waals surface area contributed by atoms with Crippen LogP contribution in [0.5, 0.6) is 0 Å². The molecule has 24 heavy (non-hydrogen) atoms. The van der Waals surface area contributed by atoms with Crippen molar-refractivity contribution in [1.29, 1.82) is 0 Å². The molecule has 0 aliphatic heterocycles. The van der Waals surface area contributed by atoms with Gasteiger partial charge in [0.1, 0.15) is 0 Å². The number of hydrogen-bond donors (Lipinski definition) is 2. The van der Waals surface area contributed by atoms with Crippen molar-refractivity contribution in [2.45, 2.75) is 11.8 Å². The number of hydrogen-bond acceptors (Lipinski definition) is 3. The molecule has 122 valence electrons. The number of aromatic nitrogens is 1. The maximum atomic E-state index is 12.2. The van der Waals surface area contributed by atoms with Gasteiger partial charge in [0.15, 0.2) is 0 Å². The van der Waals surface area contributed by atoms with Crippen LogP contribution in [0.2, 0.25) is 5.02 Å². The lowest BCUT2D eigenvalue weighted by atomic mass is 10.1. The van der Waals surface area contributed by atoms with Crippen molar-refractivity contribution in [2.75, 3.05) is 11.1 Å². The molecule has 1 aromatic heterocycles. The van der Waals surface area contributed by atoms with Gasteiger partial charge in [-0.3, -0.25) is 9.59 Å². The third kappa shape index (κ3) is 3.63. The molecule has 4 nitrogen and oxygen atoms in total. The fourth-order valence-corrected chi connectivity index (χ4v) is 3.41. The molecule has 0 saturated heterocycles. The number of anilines is 1. The Morgan fingerprint density at radius 3 is 2.62 bits per heavy atom. The van der Waals surface area contributed by atoms with Gasteiger partial charge in [0.2, 0.25) is 5.91 Å². The van der Waals surface area contributed by atoms with E-state index in [-0.39, 0.29) is 17.2 Å². The molecular weight excluding hydrogens is 344 g/mol. The summed E-state index contributed by atoms with van der Waals surface area (Å²) in [6, 6.07) is 14.5. The maximum absolute atomic E-state index is 12.2. The topological polar surface area (TPSA) is 62.0 Å². The number of aromatic amines is 1. The normalized spacial score (nSPS) is 10.8. The van der Waals surface area contributed by atoms with Crippen molar-refractivity contribution in [3.8, 4) is 0 Å². The van der Waals surface area contributed by atoms with Crippen molar-refractivity contribution in [2.24, 2.45) is 0 Å². The van der Waals surface area contributed by atoms with Crippen LogP contribution in [-0.4, -0.2) is 16.6 Å². The Hall–Kier alpha value is -2.24. The number of nitrogens with one attached hydrogen (secondary N) is 2. The number of para-hydroxylation sites is 1. The Kier molecular flexibility index (Phi) is 4.92. The van der Waals surface area contributed by atoms with Gasteiger partial charge in [0.05, 0.1) is 10.6 Å². The number of pyridine rings is 1. The van der Waals surface area contributed by atoms with Crippen LogP contribution >= 0.6 is 23.4 Å². The van der Waals surface area contributed by atoms with E-state index in [1.807, 2.05) is 31.2 Å². The van der Waals surface area contributed by atoms with E-state index >= 15 is 0 Å². The monoisotopic (exact) mass is 358 g/mol. The van der Waals surface area contributed by atoms with Gasteiger partial charge in [-0.05, 0) is 42.8 Å². The van der Waals surface area contributed by atoms with E-state index in [2.05, 4.69) is 10.3 Å². The number of thioether (sulfide) groups is 1. The summed E-state index contributed by atoms with van der Waals surface area (Å²) < 4.78 is 0. The van der Waals surface area contributed by atoms with Crippen molar-refractivity contribution in [1.82, 2.24) is 4.98 Å². The van der Waals surface area contributed by atoms with Gasteiger partial charge in [-0.1, -0.05) is 29.8 Å². The lowest BCUT2D eigenvalue weighted by Crippen LogP contribution is -2.16. The number of rotatable bonds is 4. The van der Waals surface area contributed by atoms with Crippen LogP contribution in [0.15, 0.2) is 58.2 Å². The highest BCUT2D eigenvalue weighted by Crippen LogP contribution is 2.24. The standard InChI is InChI=1S/C18H15ClN2O2S/c1-11-14-4-2-3-5-15(14)21-18(23)17(11)24-10-16(22)20-13-8-6-12(19)7-9-13/h2-9H,10H2,1H3,(H,20,22)(H,21,23). The Morgan fingerprint density at radius 1 is 1.17 bits per heavy atom. The molecule has 0 aliphatic carbocycles. The number of carbonyl (C=O) groups excluding carboxylic acids is 1. The van der Waals surface area contributed by atoms with Crippen molar-refractivity contribution < 1.29 is 4.79 Å². The average molecular weight is 359 g/mol. The molecule has 2 N–H and O–H groups in total. The van der Waals surface area contributed by atoms with E-state index in [0.29, 0.717) is 15.6 Å². The first-order valence-electron chi connectivity index (χ1n) is 7.34. The third-order valence-corrected chi connectivity index (χ3v) is 5.04. The molecule has 1 heterocycles.